The van der Waals surface area contributed by atoms with Crippen LogP contribution >= 0.6 is 0 Å². The third-order valence-corrected chi connectivity index (χ3v) is 3.65. The summed E-state index contributed by atoms with van der Waals surface area (Å²) >= 11 is 0. The number of hydrogen-bond donors (Lipinski definition) is 1. The van der Waals surface area contributed by atoms with E-state index >= 15 is 0 Å². The first-order valence-corrected chi connectivity index (χ1v) is 7.31. The molecule has 0 unspecified atom stereocenters. The largest absolute Gasteiger partial charge is 0.494 e. The van der Waals surface area contributed by atoms with E-state index in [1.54, 1.807) is 0 Å². The Morgan fingerprint density at radius 3 is 2.70 bits per heavy atom. The summed E-state index contributed by atoms with van der Waals surface area (Å²) in [6.45, 7) is 9.26. The minimum absolute atomic E-state index is 0.537. The lowest BCUT2D eigenvalue weighted by Crippen LogP contribution is -2.01. The Labute approximate surface area is 121 Å². The number of nitrogens with one attached hydrogen (secondary N) is 1. The Balaban J connectivity index is 1.83. The lowest BCUT2D eigenvalue weighted by Gasteiger charge is -2.10. The normalized spacial score (nSPS) is 11.1. The van der Waals surface area contributed by atoms with Crippen LogP contribution in [-0.4, -0.2) is 16.8 Å². The average molecular weight is 272 g/mol. The van der Waals surface area contributed by atoms with Crippen molar-refractivity contribution in [3.05, 3.63) is 46.8 Å². The van der Waals surface area contributed by atoms with E-state index in [4.69, 9.17) is 4.74 Å². The Bertz CT molecular complexity index is 538. The van der Waals surface area contributed by atoms with Crippen molar-refractivity contribution in [3.8, 4) is 5.75 Å². The van der Waals surface area contributed by atoms with Crippen LogP contribution in [0.2, 0.25) is 0 Å². The Hall–Kier alpha value is -1.77. The third kappa shape index (κ3) is 3.62. The molecule has 0 bridgehead atoms. The van der Waals surface area contributed by atoms with Crippen LogP contribution in [0.4, 0.5) is 0 Å². The highest BCUT2D eigenvalue weighted by Crippen LogP contribution is 2.20. The van der Waals surface area contributed by atoms with Crippen LogP contribution in [-0.2, 0) is 6.42 Å². The number of ether oxygens (including phenoxy) is 1. The van der Waals surface area contributed by atoms with Crippen LogP contribution in [0.5, 0.6) is 5.75 Å². The topological polar surface area (TPSA) is 37.9 Å². The van der Waals surface area contributed by atoms with E-state index in [0.29, 0.717) is 5.92 Å². The van der Waals surface area contributed by atoms with Crippen LogP contribution in [0.1, 0.15) is 48.7 Å². The van der Waals surface area contributed by atoms with Crippen LogP contribution < -0.4 is 4.74 Å². The minimum atomic E-state index is 0.537. The van der Waals surface area contributed by atoms with Crippen molar-refractivity contribution in [2.24, 2.45) is 0 Å². The van der Waals surface area contributed by atoms with Gasteiger partial charge >= 0.3 is 0 Å². The highest BCUT2D eigenvalue weighted by atomic mass is 16.5. The van der Waals surface area contributed by atoms with Gasteiger partial charge in [-0.15, -0.1) is 0 Å². The van der Waals surface area contributed by atoms with Crippen molar-refractivity contribution in [2.45, 2.75) is 46.5 Å². The summed E-state index contributed by atoms with van der Waals surface area (Å²) in [5.74, 6) is 1.51. The molecule has 0 saturated heterocycles. The quantitative estimate of drug-likeness (QED) is 0.802. The summed E-state index contributed by atoms with van der Waals surface area (Å²) in [4.78, 5) is 0. The van der Waals surface area contributed by atoms with E-state index in [0.717, 1.165) is 30.9 Å². The molecule has 0 aliphatic rings. The molecule has 108 valence electrons. The number of aryl methyl sites for hydroxylation is 2. The molecule has 2 rings (SSSR count). The summed E-state index contributed by atoms with van der Waals surface area (Å²) < 4.78 is 5.84. The number of hydrogen-bond acceptors (Lipinski definition) is 2. The molecule has 20 heavy (non-hydrogen) atoms. The molecule has 1 aromatic carbocycles. The molecule has 3 nitrogen and oxygen atoms in total. The molecule has 0 atom stereocenters. The van der Waals surface area contributed by atoms with Gasteiger partial charge in [-0.3, -0.25) is 5.10 Å². The van der Waals surface area contributed by atoms with Crippen molar-refractivity contribution in [3.63, 3.8) is 0 Å². The first-order chi connectivity index (χ1) is 9.58. The van der Waals surface area contributed by atoms with Gasteiger partial charge in [0.1, 0.15) is 5.75 Å². The molecule has 0 radical (unpaired) electrons. The number of aromatic amines is 1. The molecule has 0 fully saturated rings. The van der Waals surface area contributed by atoms with Crippen molar-refractivity contribution in [2.75, 3.05) is 6.61 Å². The fraction of sp³-hybridized carbons (Fsp3) is 0.471. The Morgan fingerprint density at radius 2 is 2.05 bits per heavy atom. The van der Waals surface area contributed by atoms with Gasteiger partial charge in [-0.05, 0) is 55.9 Å². The van der Waals surface area contributed by atoms with E-state index in [1.807, 2.05) is 13.0 Å². The lowest BCUT2D eigenvalue weighted by atomic mass is 10.0. The molecule has 0 saturated carbocycles. The van der Waals surface area contributed by atoms with Crippen LogP contribution in [0.25, 0.3) is 0 Å². The first-order valence-electron chi connectivity index (χ1n) is 7.31. The summed E-state index contributed by atoms with van der Waals surface area (Å²) in [5, 5.41) is 7.24. The number of rotatable bonds is 6. The molecular formula is C17H24N2O. The van der Waals surface area contributed by atoms with Crippen LogP contribution in [0.15, 0.2) is 24.3 Å². The van der Waals surface area contributed by atoms with Gasteiger partial charge < -0.3 is 4.74 Å². The van der Waals surface area contributed by atoms with E-state index in [2.05, 4.69) is 49.2 Å². The van der Waals surface area contributed by atoms with E-state index in [9.17, 15) is 0 Å². The fourth-order valence-corrected chi connectivity index (χ4v) is 2.34. The molecule has 0 spiro atoms. The van der Waals surface area contributed by atoms with Crippen molar-refractivity contribution >= 4 is 0 Å². The van der Waals surface area contributed by atoms with E-state index < -0.39 is 0 Å². The molecule has 2 aromatic rings. The summed E-state index contributed by atoms with van der Waals surface area (Å²) in [6, 6.07) is 8.38. The van der Waals surface area contributed by atoms with Gasteiger partial charge in [0.2, 0.25) is 0 Å². The van der Waals surface area contributed by atoms with Crippen molar-refractivity contribution in [1.82, 2.24) is 10.2 Å². The maximum atomic E-state index is 5.84. The second-order valence-corrected chi connectivity index (χ2v) is 5.59. The summed E-state index contributed by atoms with van der Waals surface area (Å²) in [6.07, 6.45) is 2.02. The average Bonchev–Trinajstić information content (AvgIpc) is 2.75. The Kier molecular flexibility index (Phi) is 4.83. The molecule has 1 N–H and O–H groups in total. The van der Waals surface area contributed by atoms with Gasteiger partial charge in [0.05, 0.1) is 12.3 Å². The number of aromatic nitrogens is 2. The Morgan fingerprint density at radius 1 is 1.25 bits per heavy atom. The van der Waals surface area contributed by atoms with Gasteiger partial charge in [-0.2, -0.15) is 5.10 Å². The van der Waals surface area contributed by atoms with Gasteiger partial charge in [-0.1, -0.05) is 26.0 Å². The lowest BCUT2D eigenvalue weighted by molar-refractivity contribution is 0.310. The third-order valence-electron chi connectivity index (χ3n) is 3.65. The fourth-order valence-electron chi connectivity index (χ4n) is 2.34. The second-order valence-electron chi connectivity index (χ2n) is 5.59. The maximum Gasteiger partial charge on any atom is 0.119 e. The SMILES string of the molecule is Cc1n[nH]c(C)c1CCCOc1cccc(C(C)C)c1. The van der Waals surface area contributed by atoms with Gasteiger partial charge in [0, 0.05) is 5.69 Å². The zero-order valence-corrected chi connectivity index (χ0v) is 12.9. The van der Waals surface area contributed by atoms with Gasteiger partial charge in [0.15, 0.2) is 0 Å². The molecule has 0 aliphatic heterocycles. The highest BCUT2D eigenvalue weighted by Gasteiger charge is 2.06. The summed E-state index contributed by atoms with van der Waals surface area (Å²) in [7, 11) is 0. The monoisotopic (exact) mass is 272 g/mol. The van der Waals surface area contributed by atoms with Crippen LogP contribution in [0, 0.1) is 13.8 Å². The zero-order chi connectivity index (χ0) is 14.5. The molecule has 1 aromatic heterocycles. The van der Waals surface area contributed by atoms with Crippen LogP contribution in [0.3, 0.4) is 0 Å². The molecule has 1 heterocycles. The smallest absolute Gasteiger partial charge is 0.119 e. The number of nitrogens with zero attached hydrogens (tertiary/aromatic N) is 1. The zero-order valence-electron chi connectivity index (χ0n) is 12.9. The highest BCUT2D eigenvalue weighted by molar-refractivity contribution is 5.30. The standard InChI is InChI=1S/C17H24N2O/c1-12(2)15-7-5-8-16(11-15)20-10-6-9-17-13(3)18-19-14(17)4/h5,7-8,11-12H,6,9-10H2,1-4H3,(H,18,19). The van der Waals surface area contributed by atoms with E-state index in [-0.39, 0.29) is 0 Å². The number of H-pyrrole nitrogens is 1. The second kappa shape index (κ2) is 6.60. The van der Waals surface area contributed by atoms with Gasteiger partial charge in [0.25, 0.3) is 0 Å². The maximum absolute atomic E-state index is 5.84. The molecule has 0 aliphatic carbocycles. The predicted molar refractivity (Wildman–Crippen MR) is 82.4 cm³/mol. The molecular weight excluding hydrogens is 248 g/mol. The van der Waals surface area contributed by atoms with Gasteiger partial charge in [-0.25, -0.2) is 0 Å². The van der Waals surface area contributed by atoms with Crippen molar-refractivity contribution < 1.29 is 4.74 Å². The van der Waals surface area contributed by atoms with E-state index in [1.165, 1.54) is 16.8 Å². The number of benzene rings is 1. The molecule has 3 heteroatoms. The van der Waals surface area contributed by atoms with Crippen molar-refractivity contribution in [1.29, 1.82) is 0 Å². The molecule has 0 amide bonds. The predicted octanol–water partition coefficient (Wildman–Crippen LogP) is 4.16. The first kappa shape index (κ1) is 14.6. The summed E-state index contributed by atoms with van der Waals surface area (Å²) in [5.41, 5.74) is 4.92. The minimum Gasteiger partial charge on any atom is -0.494 e.